The standard InChI is InChI=1S/C25H42S.4C2H6/c1-16(2)13-18-7-8-21-20-10-11-23(4)15-19(26)9-12-24(23,5)22(20)14-17(3)25(18,21)6;4*1-2/h17-22,26H,1,7-15H2,2-6H3;4*1-2H3. The second-order valence-corrected chi connectivity index (χ2v) is 12.5. The van der Waals surface area contributed by atoms with E-state index in [0.29, 0.717) is 21.5 Å². The van der Waals surface area contributed by atoms with Crippen molar-refractivity contribution in [3.8, 4) is 0 Å². The van der Waals surface area contributed by atoms with Crippen molar-refractivity contribution in [2.45, 2.75) is 153 Å². The molecule has 0 radical (unpaired) electrons. The molecule has 204 valence electrons. The Hall–Kier alpha value is 0.0900. The maximum absolute atomic E-state index is 4.91. The maximum Gasteiger partial charge on any atom is 0.00224 e. The van der Waals surface area contributed by atoms with Gasteiger partial charge in [-0.15, -0.1) is 6.58 Å². The van der Waals surface area contributed by atoms with E-state index in [1.54, 1.807) is 0 Å². The molecule has 4 rings (SSSR count). The topological polar surface area (TPSA) is 0 Å². The summed E-state index contributed by atoms with van der Waals surface area (Å²) in [4.78, 5) is 0. The Morgan fingerprint density at radius 1 is 0.824 bits per heavy atom. The summed E-state index contributed by atoms with van der Waals surface area (Å²) in [6.07, 6.45) is 12.7. The summed E-state index contributed by atoms with van der Waals surface area (Å²) in [7, 11) is 0. The fraction of sp³-hybridized carbons (Fsp3) is 0.939. The van der Waals surface area contributed by atoms with Crippen LogP contribution < -0.4 is 0 Å². The third-order valence-corrected chi connectivity index (χ3v) is 11.2. The second-order valence-electron chi connectivity index (χ2n) is 11.7. The summed E-state index contributed by atoms with van der Waals surface area (Å²) >= 11 is 4.91. The van der Waals surface area contributed by atoms with E-state index in [-0.39, 0.29) is 0 Å². The van der Waals surface area contributed by atoms with Crippen molar-refractivity contribution in [3.05, 3.63) is 12.2 Å². The predicted molar refractivity (Wildman–Crippen MR) is 162 cm³/mol. The quantitative estimate of drug-likeness (QED) is 0.286. The van der Waals surface area contributed by atoms with Gasteiger partial charge in [-0.3, -0.25) is 0 Å². The molecule has 0 spiro atoms. The maximum atomic E-state index is 4.91. The van der Waals surface area contributed by atoms with Gasteiger partial charge in [-0.2, -0.15) is 12.6 Å². The van der Waals surface area contributed by atoms with Gasteiger partial charge in [0.05, 0.1) is 0 Å². The fourth-order valence-corrected chi connectivity index (χ4v) is 9.38. The van der Waals surface area contributed by atoms with E-state index in [2.05, 4.69) is 41.2 Å². The summed E-state index contributed by atoms with van der Waals surface area (Å²) in [6.45, 7) is 33.1. The van der Waals surface area contributed by atoms with Crippen LogP contribution in [-0.4, -0.2) is 5.25 Å². The Morgan fingerprint density at radius 2 is 1.38 bits per heavy atom. The summed E-state index contributed by atoms with van der Waals surface area (Å²) in [5.74, 6) is 4.67. The van der Waals surface area contributed by atoms with Crippen LogP contribution in [0, 0.1) is 45.8 Å². The van der Waals surface area contributed by atoms with Gasteiger partial charge in [-0.1, -0.05) is 88.7 Å². The van der Waals surface area contributed by atoms with Gasteiger partial charge in [-0.25, -0.2) is 0 Å². The molecule has 0 aromatic rings. The molecule has 9 unspecified atom stereocenters. The van der Waals surface area contributed by atoms with E-state index in [1.165, 1.54) is 63.4 Å². The zero-order valence-corrected chi connectivity index (χ0v) is 26.9. The highest BCUT2D eigenvalue weighted by molar-refractivity contribution is 7.80. The summed E-state index contributed by atoms with van der Waals surface area (Å²) in [5, 5.41) is 0.641. The largest absolute Gasteiger partial charge is 0.176 e. The predicted octanol–water partition coefficient (Wildman–Crippen LogP) is 11.7. The first-order chi connectivity index (χ1) is 16.1. The van der Waals surface area contributed by atoms with Crippen molar-refractivity contribution in [3.63, 3.8) is 0 Å². The lowest BCUT2D eigenvalue weighted by Gasteiger charge is -2.66. The minimum absolute atomic E-state index is 0.530. The highest BCUT2D eigenvalue weighted by Gasteiger charge is 2.64. The molecule has 0 aromatic heterocycles. The summed E-state index contributed by atoms with van der Waals surface area (Å²) in [6, 6.07) is 0. The van der Waals surface area contributed by atoms with Crippen LogP contribution in [0.15, 0.2) is 12.2 Å². The highest BCUT2D eigenvalue weighted by Crippen LogP contribution is 2.72. The second kappa shape index (κ2) is 14.7. The van der Waals surface area contributed by atoms with Crippen LogP contribution in [0.4, 0.5) is 0 Å². The molecule has 0 saturated heterocycles. The van der Waals surface area contributed by atoms with Crippen molar-refractivity contribution >= 4 is 12.6 Å². The monoisotopic (exact) mass is 494 g/mol. The SMILES string of the molecule is C=C(C)CC1CCC2C3CCC4(C)CC(S)CCC4(C)C3CC(C)C12C.CC.CC.CC.CC. The van der Waals surface area contributed by atoms with Crippen molar-refractivity contribution < 1.29 is 0 Å². The lowest BCUT2D eigenvalue weighted by Crippen LogP contribution is -2.59. The average Bonchev–Trinajstić information content (AvgIpc) is 3.18. The molecule has 0 aliphatic heterocycles. The number of rotatable bonds is 2. The summed E-state index contributed by atoms with van der Waals surface area (Å²) < 4.78 is 0. The van der Waals surface area contributed by atoms with Crippen molar-refractivity contribution in [2.24, 2.45) is 45.8 Å². The zero-order chi connectivity index (χ0) is 26.9. The molecule has 4 aliphatic carbocycles. The zero-order valence-electron chi connectivity index (χ0n) is 26.0. The third kappa shape index (κ3) is 6.14. The van der Waals surface area contributed by atoms with Crippen molar-refractivity contribution in [1.29, 1.82) is 0 Å². The van der Waals surface area contributed by atoms with E-state index in [1.807, 2.05) is 55.4 Å². The van der Waals surface area contributed by atoms with E-state index in [4.69, 9.17) is 12.6 Å². The molecule has 4 fully saturated rings. The Bertz CT molecular complexity index is 581. The van der Waals surface area contributed by atoms with Crippen LogP contribution in [0.3, 0.4) is 0 Å². The van der Waals surface area contributed by atoms with Gasteiger partial charge in [0.1, 0.15) is 0 Å². The van der Waals surface area contributed by atoms with E-state index in [9.17, 15) is 0 Å². The first-order valence-electron chi connectivity index (χ1n) is 15.4. The molecule has 0 amide bonds. The molecule has 4 saturated carbocycles. The normalized spacial score (nSPS) is 43.8. The van der Waals surface area contributed by atoms with E-state index >= 15 is 0 Å². The van der Waals surface area contributed by atoms with Crippen LogP contribution in [0.1, 0.15) is 148 Å². The van der Waals surface area contributed by atoms with Gasteiger partial charge >= 0.3 is 0 Å². The van der Waals surface area contributed by atoms with Crippen LogP contribution in [-0.2, 0) is 0 Å². The van der Waals surface area contributed by atoms with Crippen molar-refractivity contribution in [1.82, 2.24) is 0 Å². The van der Waals surface area contributed by atoms with Gasteiger partial charge in [0, 0.05) is 5.25 Å². The average molecular weight is 495 g/mol. The van der Waals surface area contributed by atoms with Gasteiger partial charge in [0.25, 0.3) is 0 Å². The van der Waals surface area contributed by atoms with Crippen LogP contribution in [0.2, 0.25) is 0 Å². The Balaban J connectivity index is 0.00000124. The Labute approximate surface area is 223 Å². The van der Waals surface area contributed by atoms with Crippen LogP contribution in [0.25, 0.3) is 0 Å². The lowest BCUT2D eigenvalue weighted by atomic mass is 9.39. The molecular formula is C33H66S. The molecule has 4 aliphatic rings. The lowest BCUT2D eigenvalue weighted by molar-refractivity contribution is -0.167. The molecule has 0 N–H and O–H groups in total. The fourth-order valence-electron chi connectivity index (χ4n) is 8.85. The molecule has 0 nitrogen and oxygen atoms in total. The number of fused-ring (bicyclic) bond motifs is 5. The van der Waals surface area contributed by atoms with Gasteiger partial charge < -0.3 is 0 Å². The first kappa shape index (κ1) is 34.1. The van der Waals surface area contributed by atoms with Gasteiger partial charge in [0.2, 0.25) is 0 Å². The first-order valence-corrected chi connectivity index (χ1v) is 16.0. The molecule has 9 atom stereocenters. The molecular weight excluding hydrogens is 428 g/mol. The minimum Gasteiger partial charge on any atom is -0.176 e. The Morgan fingerprint density at radius 3 is 1.91 bits per heavy atom. The highest BCUT2D eigenvalue weighted by atomic mass is 32.1. The van der Waals surface area contributed by atoms with E-state index < -0.39 is 0 Å². The Kier molecular flexibility index (Phi) is 14.8. The van der Waals surface area contributed by atoms with Gasteiger partial charge in [-0.05, 0) is 111 Å². The summed E-state index contributed by atoms with van der Waals surface area (Å²) in [5.41, 5.74) is 3.05. The third-order valence-electron chi connectivity index (χ3n) is 10.7. The van der Waals surface area contributed by atoms with E-state index in [0.717, 1.165) is 29.6 Å². The minimum atomic E-state index is 0.530. The molecule has 1 heteroatoms. The molecule has 34 heavy (non-hydrogen) atoms. The number of hydrogen-bond acceptors (Lipinski definition) is 1. The number of thiol groups is 1. The molecule has 0 bridgehead atoms. The van der Waals surface area contributed by atoms with Crippen LogP contribution in [0.5, 0.6) is 0 Å². The van der Waals surface area contributed by atoms with Gasteiger partial charge in [0.15, 0.2) is 0 Å². The number of allylic oxidation sites excluding steroid dienone is 1. The molecule has 0 aromatic carbocycles. The van der Waals surface area contributed by atoms with Crippen LogP contribution >= 0.6 is 12.6 Å². The number of hydrogen-bond donors (Lipinski definition) is 1. The van der Waals surface area contributed by atoms with Crippen molar-refractivity contribution in [2.75, 3.05) is 0 Å². The molecule has 0 heterocycles. The smallest absolute Gasteiger partial charge is 0.00224 e.